The number of hydrogen-bond acceptors (Lipinski definition) is 2. The zero-order valence-corrected chi connectivity index (χ0v) is 16.4. The third-order valence-corrected chi connectivity index (χ3v) is 4.60. The lowest BCUT2D eigenvalue weighted by molar-refractivity contribution is 0.0125. The summed E-state index contributed by atoms with van der Waals surface area (Å²) in [5.41, 5.74) is 6.10. The maximum Gasteiger partial charge on any atom is 0.286 e. The van der Waals surface area contributed by atoms with Crippen molar-refractivity contribution in [2.45, 2.75) is 60.5 Å². The van der Waals surface area contributed by atoms with Crippen molar-refractivity contribution >= 4 is 5.57 Å². The Morgan fingerprint density at radius 3 is 2.23 bits per heavy atom. The standard InChI is InChI=1S/C22H27F2NO/c1-7-17(8-2)21-14(3)11-19(12-15(21)4)26-13-18-9-10-20(22(6,23)24)25-16(18)5/h7,9-12H,8,13H2,1-6H3/b17-7-. The van der Waals surface area contributed by atoms with Crippen LogP contribution < -0.4 is 4.74 Å². The van der Waals surface area contributed by atoms with E-state index in [4.69, 9.17) is 4.74 Å². The monoisotopic (exact) mass is 359 g/mol. The van der Waals surface area contributed by atoms with Crippen molar-refractivity contribution < 1.29 is 13.5 Å². The zero-order valence-electron chi connectivity index (χ0n) is 16.4. The van der Waals surface area contributed by atoms with Crippen molar-refractivity contribution in [2.75, 3.05) is 0 Å². The van der Waals surface area contributed by atoms with E-state index in [0.717, 1.165) is 24.7 Å². The van der Waals surface area contributed by atoms with Crippen molar-refractivity contribution in [3.05, 3.63) is 64.0 Å². The summed E-state index contributed by atoms with van der Waals surface area (Å²) < 4.78 is 32.7. The molecule has 0 fully saturated rings. The first-order valence-electron chi connectivity index (χ1n) is 8.91. The van der Waals surface area contributed by atoms with E-state index in [1.54, 1.807) is 13.0 Å². The van der Waals surface area contributed by atoms with Gasteiger partial charge in [0.15, 0.2) is 0 Å². The minimum absolute atomic E-state index is 0.215. The van der Waals surface area contributed by atoms with Crippen molar-refractivity contribution in [2.24, 2.45) is 0 Å². The van der Waals surface area contributed by atoms with Crippen LogP contribution in [0, 0.1) is 20.8 Å². The van der Waals surface area contributed by atoms with Gasteiger partial charge in [-0.05, 0) is 74.6 Å². The van der Waals surface area contributed by atoms with Crippen LogP contribution in [0.4, 0.5) is 8.78 Å². The number of aryl methyl sites for hydroxylation is 3. The number of halogens is 2. The number of rotatable bonds is 6. The molecule has 0 N–H and O–H groups in total. The predicted octanol–water partition coefficient (Wildman–Crippen LogP) is 6.51. The Kier molecular flexibility index (Phi) is 6.17. The Bertz CT molecular complexity index is 796. The van der Waals surface area contributed by atoms with Crippen molar-refractivity contribution in [3.63, 3.8) is 0 Å². The van der Waals surface area contributed by atoms with Gasteiger partial charge in [-0.3, -0.25) is 4.98 Å². The highest BCUT2D eigenvalue weighted by molar-refractivity contribution is 5.71. The number of pyridine rings is 1. The molecular weight excluding hydrogens is 332 g/mol. The Morgan fingerprint density at radius 1 is 1.15 bits per heavy atom. The molecule has 2 aromatic rings. The third-order valence-electron chi connectivity index (χ3n) is 4.60. The minimum atomic E-state index is -2.93. The van der Waals surface area contributed by atoms with E-state index in [2.05, 4.69) is 38.8 Å². The molecule has 2 rings (SSSR count). The normalized spacial score (nSPS) is 12.4. The van der Waals surface area contributed by atoms with E-state index in [-0.39, 0.29) is 5.69 Å². The maximum atomic E-state index is 13.4. The average Bonchev–Trinajstić information content (AvgIpc) is 2.56. The number of ether oxygens (including phenoxy) is 1. The van der Waals surface area contributed by atoms with Gasteiger partial charge in [0, 0.05) is 18.2 Å². The third kappa shape index (κ3) is 4.48. The van der Waals surface area contributed by atoms with Crippen molar-refractivity contribution in [1.29, 1.82) is 0 Å². The summed E-state index contributed by atoms with van der Waals surface area (Å²) in [6.45, 7) is 11.3. The van der Waals surface area contributed by atoms with E-state index in [0.29, 0.717) is 12.3 Å². The van der Waals surface area contributed by atoms with Crippen molar-refractivity contribution in [3.8, 4) is 5.75 Å². The van der Waals surface area contributed by atoms with Crippen LogP contribution >= 0.6 is 0 Å². The molecule has 26 heavy (non-hydrogen) atoms. The zero-order chi connectivity index (χ0) is 19.5. The summed E-state index contributed by atoms with van der Waals surface area (Å²) in [5, 5.41) is 0. The highest BCUT2D eigenvalue weighted by atomic mass is 19.3. The van der Waals surface area contributed by atoms with Gasteiger partial charge in [-0.2, -0.15) is 8.78 Å². The number of hydrogen-bond donors (Lipinski definition) is 0. The van der Waals surface area contributed by atoms with Crippen LogP contribution in [0.2, 0.25) is 0 Å². The van der Waals surface area contributed by atoms with Gasteiger partial charge in [-0.15, -0.1) is 0 Å². The quantitative estimate of drug-likeness (QED) is 0.586. The van der Waals surface area contributed by atoms with Gasteiger partial charge < -0.3 is 4.74 Å². The maximum absolute atomic E-state index is 13.4. The van der Waals surface area contributed by atoms with Crippen LogP contribution in [0.5, 0.6) is 5.75 Å². The summed E-state index contributed by atoms with van der Waals surface area (Å²) in [6.07, 6.45) is 3.13. The van der Waals surface area contributed by atoms with E-state index in [1.165, 1.54) is 28.3 Å². The molecule has 0 radical (unpaired) electrons. The fourth-order valence-electron chi connectivity index (χ4n) is 3.19. The van der Waals surface area contributed by atoms with Gasteiger partial charge in [0.25, 0.3) is 5.92 Å². The Balaban J connectivity index is 2.21. The molecule has 0 amide bonds. The van der Waals surface area contributed by atoms with E-state index in [1.807, 2.05) is 12.1 Å². The molecule has 4 heteroatoms. The molecule has 0 saturated heterocycles. The van der Waals surface area contributed by atoms with E-state index < -0.39 is 5.92 Å². The topological polar surface area (TPSA) is 22.1 Å². The van der Waals surface area contributed by atoms with E-state index >= 15 is 0 Å². The summed E-state index contributed by atoms with van der Waals surface area (Å²) in [4.78, 5) is 4.01. The second-order valence-electron chi connectivity index (χ2n) is 6.72. The van der Waals surface area contributed by atoms with Crippen LogP contribution in [0.1, 0.15) is 60.8 Å². The van der Waals surface area contributed by atoms with E-state index in [9.17, 15) is 8.78 Å². The first kappa shape index (κ1) is 20.1. The highest BCUT2D eigenvalue weighted by Gasteiger charge is 2.26. The van der Waals surface area contributed by atoms with Gasteiger partial charge in [-0.25, -0.2) is 0 Å². The van der Waals surface area contributed by atoms with Gasteiger partial charge in [0.1, 0.15) is 18.1 Å². The number of aromatic nitrogens is 1. The Hall–Kier alpha value is -2.23. The van der Waals surface area contributed by atoms with Gasteiger partial charge in [-0.1, -0.05) is 19.1 Å². The fourth-order valence-corrected chi connectivity index (χ4v) is 3.19. The molecule has 2 nitrogen and oxygen atoms in total. The molecule has 1 aromatic heterocycles. The lowest BCUT2D eigenvalue weighted by atomic mass is 9.93. The molecule has 140 valence electrons. The highest BCUT2D eigenvalue weighted by Crippen LogP contribution is 2.30. The molecule has 0 spiro atoms. The second-order valence-corrected chi connectivity index (χ2v) is 6.72. The summed E-state index contributed by atoms with van der Waals surface area (Å²) in [5.74, 6) is -2.16. The fraction of sp³-hybridized carbons (Fsp3) is 0.409. The number of allylic oxidation sites excluding steroid dienone is 2. The largest absolute Gasteiger partial charge is 0.489 e. The van der Waals surface area contributed by atoms with Gasteiger partial charge >= 0.3 is 0 Å². The Morgan fingerprint density at radius 2 is 1.77 bits per heavy atom. The number of benzene rings is 1. The molecular formula is C22H27F2NO. The SMILES string of the molecule is C/C=C(/CC)c1c(C)cc(OCc2ccc(C(C)(F)F)nc2C)cc1C. The molecule has 1 heterocycles. The summed E-state index contributed by atoms with van der Waals surface area (Å²) >= 11 is 0. The lowest BCUT2D eigenvalue weighted by Crippen LogP contribution is -2.12. The molecule has 0 aliphatic heterocycles. The number of nitrogens with zero attached hydrogens (tertiary/aromatic N) is 1. The molecule has 0 atom stereocenters. The number of alkyl halides is 2. The lowest BCUT2D eigenvalue weighted by Gasteiger charge is -2.16. The molecule has 1 aromatic carbocycles. The first-order chi connectivity index (χ1) is 12.2. The van der Waals surface area contributed by atoms with Crippen LogP contribution in [0.25, 0.3) is 5.57 Å². The molecule has 0 aliphatic carbocycles. The summed E-state index contributed by atoms with van der Waals surface area (Å²) in [6, 6.07) is 7.08. The molecule has 0 bridgehead atoms. The van der Waals surface area contributed by atoms with Crippen LogP contribution in [-0.4, -0.2) is 4.98 Å². The smallest absolute Gasteiger partial charge is 0.286 e. The van der Waals surface area contributed by atoms with Gasteiger partial charge in [0.2, 0.25) is 0 Å². The predicted molar refractivity (Wildman–Crippen MR) is 103 cm³/mol. The van der Waals surface area contributed by atoms with Crippen molar-refractivity contribution in [1.82, 2.24) is 4.98 Å². The average molecular weight is 359 g/mol. The van der Waals surface area contributed by atoms with Crippen LogP contribution in [0.15, 0.2) is 30.3 Å². The van der Waals surface area contributed by atoms with Crippen LogP contribution in [-0.2, 0) is 12.5 Å². The molecule has 0 unspecified atom stereocenters. The first-order valence-corrected chi connectivity index (χ1v) is 8.91. The van der Waals surface area contributed by atoms with Gasteiger partial charge in [0.05, 0.1) is 0 Å². The minimum Gasteiger partial charge on any atom is -0.489 e. The summed E-state index contributed by atoms with van der Waals surface area (Å²) in [7, 11) is 0. The Labute approximate surface area is 154 Å². The van der Waals surface area contributed by atoms with Crippen LogP contribution in [0.3, 0.4) is 0 Å². The molecule has 0 aliphatic rings. The second kappa shape index (κ2) is 7.98. The molecule has 0 saturated carbocycles.